The van der Waals surface area contributed by atoms with Gasteiger partial charge in [0.1, 0.15) is 5.52 Å². The number of rotatable bonds is 2. The fourth-order valence-electron chi connectivity index (χ4n) is 3.09. The van der Waals surface area contributed by atoms with Crippen molar-refractivity contribution in [3.8, 4) is 0 Å². The highest BCUT2D eigenvalue weighted by atomic mass is 19.3. The highest BCUT2D eigenvalue weighted by Gasteiger charge is 2.25. The molecule has 4 nitrogen and oxygen atoms in total. The van der Waals surface area contributed by atoms with Crippen LogP contribution in [0.15, 0.2) is 24.5 Å². The Morgan fingerprint density at radius 3 is 2.57 bits per heavy atom. The molecule has 2 aromatic rings. The summed E-state index contributed by atoms with van der Waals surface area (Å²) >= 11 is 0. The predicted octanol–water partition coefficient (Wildman–Crippen LogP) is 2.74. The number of benzene rings is 1. The fraction of sp³-hybridized carbons (Fsp3) is 0.467. The van der Waals surface area contributed by atoms with Gasteiger partial charge in [-0.25, -0.2) is 8.78 Å². The molecule has 0 bridgehead atoms. The molecular formula is C15H18F2N4. The van der Waals surface area contributed by atoms with Crippen LogP contribution in [0.2, 0.25) is 0 Å². The van der Waals surface area contributed by atoms with Crippen LogP contribution in [0.25, 0.3) is 11.0 Å². The quantitative estimate of drug-likeness (QED) is 0.924. The number of anilines is 1. The number of aromatic nitrogens is 2. The van der Waals surface area contributed by atoms with Gasteiger partial charge in [-0.15, -0.1) is 0 Å². The van der Waals surface area contributed by atoms with Crippen LogP contribution in [-0.4, -0.2) is 29.1 Å². The molecule has 0 radical (unpaired) electrons. The molecule has 0 aliphatic carbocycles. The van der Waals surface area contributed by atoms with Gasteiger partial charge in [0.15, 0.2) is 0 Å². The molecule has 1 aliphatic rings. The molecule has 2 atom stereocenters. The van der Waals surface area contributed by atoms with E-state index in [4.69, 9.17) is 5.73 Å². The van der Waals surface area contributed by atoms with Crippen molar-refractivity contribution in [2.75, 3.05) is 18.0 Å². The van der Waals surface area contributed by atoms with Crippen molar-refractivity contribution in [3.63, 3.8) is 0 Å². The molecule has 0 saturated carbocycles. The Morgan fingerprint density at radius 1 is 1.19 bits per heavy atom. The summed E-state index contributed by atoms with van der Waals surface area (Å²) in [6, 6.07) is 3.25. The number of halogens is 2. The maximum absolute atomic E-state index is 13.1. The molecule has 2 heterocycles. The second kappa shape index (κ2) is 5.52. The second-order valence-electron chi connectivity index (χ2n) is 5.73. The molecule has 3 rings (SSSR count). The van der Waals surface area contributed by atoms with Gasteiger partial charge in [-0.05, 0) is 24.5 Å². The maximum atomic E-state index is 13.1. The number of hydrogen-bond acceptors (Lipinski definition) is 4. The van der Waals surface area contributed by atoms with E-state index in [1.54, 1.807) is 6.07 Å². The molecule has 1 aliphatic heterocycles. The first-order chi connectivity index (χ1) is 10.1. The highest BCUT2D eigenvalue weighted by molar-refractivity contribution is 5.90. The maximum Gasteiger partial charge on any atom is 0.266 e. The van der Waals surface area contributed by atoms with Crippen molar-refractivity contribution in [1.29, 1.82) is 0 Å². The van der Waals surface area contributed by atoms with Gasteiger partial charge >= 0.3 is 0 Å². The van der Waals surface area contributed by atoms with Crippen LogP contribution in [0, 0.1) is 5.92 Å². The van der Waals surface area contributed by atoms with Crippen LogP contribution in [0.4, 0.5) is 14.5 Å². The molecule has 1 saturated heterocycles. The lowest BCUT2D eigenvalue weighted by molar-refractivity contribution is 0.153. The molecule has 112 valence electrons. The van der Waals surface area contributed by atoms with Crippen molar-refractivity contribution in [3.05, 3.63) is 30.1 Å². The minimum absolute atomic E-state index is 0.0730. The number of alkyl halides is 2. The lowest BCUT2D eigenvalue weighted by atomic mass is 9.95. The molecule has 6 heteroatoms. The molecule has 2 N–H and O–H groups in total. The van der Waals surface area contributed by atoms with Crippen LogP contribution in [-0.2, 0) is 0 Å². The van der Waals surface area contributed by atoms with Crippen LogP contribution >= 0.6 is 0 Å². The standard InChI is InChI=1S/C15H18F2N4/c1-9-6-10(18)8-21(7-9)12-3-2-11(15(16)17)13-14(12)20-5-4-19-13/h2-5,9-10,15H,6-8,18H2,1H3. The molecule has 0 amide bonds. The van der Waals surface area contributed by atoms with Crippen molar-refractivity contribution in [2.24, 2.45) is 11.7 Å². The lowest BCUT2D eigenvalue weighted by Crippen LogP contribution is -2.46. The zero-order chi connectivity index (χ0) is 15.0. The molecule has 1 aromatic carbocycles. The zero-order valence-electron chi connectivity index (χ0n) is 11.8. The summed E-state index contributed by atoms with van der Waals surface area (Å²) in [5, 5.41) is 0. The van der Waals surface area contributed by atoms with E-state index >= 15 is 0 Å². The summed E-state index contributed by atoms with van der Waals surface area (Å²) in [7, 11) is 0. The second-order valence-corrected chi connectivity index (χ2v) is 5.73. The summed E-state index contributed by atoms with van der Waals surface area (Å²) in [5.74, 6) is 0.468. The van der Waals surface area contributed by atoms with Gasteiger partial charge in [-0.1, -0.05) is 6.92 Å². The van der Waals surface area contributed by atoms with Crippen molar-refractivity contribution >= 4 is 16.7 Å². The normalized spacial score (nSPS) is 23.0. The number of fused-ring (bicyclic) bond motifs is 1. The summed E-state index contributed by atoms with van der Waals surface area (Å²) < 4.78 is 26.2. The number of hydrogen-bond donors (Lipinski definition) is 1. The molecule has 21 heavy (non-hydrogen) atoms. The smallest absolute Gasteiger partial charge is 0.266 e. The van der Waals surface area contributed by atoms with E-state index in [9.17, 15) is 8.78 Å². The Labute approximate surface area is 122 Å². The first-order valence-corrected chi connectivity index (χ1v) is 7.08. The third-order valence-electron chi connectivity index (χ3n) is 3.90. The highest BCUT2D eigenvalue weighted by Crippen LogP contribution is 2.33. The van der Waals surface area contributed by atoms with E-state index in [2.05, 4.69) is 21.8 Å². The number of nitrogens with zero attached hydrogens (tertiary/aromatic N) is 3. The zero-order valence-corrected chi connectivity index (χ0v) is 11.8. The molecule has 2 unspecified atom stereocenters. The summed E-state index contributed by atoms with van der Waals surface area (Å²) in [5.41, 5.74) is 7.64. The third-order valence-corrected chi connectivity index (χ3v) is 3.90. The van der Waals surface area contributed by atoms with Gasteiger partial charge in [0.25, 0.3) is 6.43 Å². The lowest BCUT2D eigenvalue weighted by Gasteiger charge is -2.36. The Morgan fingerprint density at radius 2 is 1.90 bits per heavy atom. The largest absolute Gasteiger partial charge is 0.368 e. The summed E-state index contributed by atoms with van der Waals surface area (Å²) in [6.45, 7) is 3.71. The van der Waals surface area contributed by atoms with Crippen LogP contribution < -0.4 is 10.6 Å². The minimum Gasteiger partial charge on any atom is -0.368 e. The Hall–Kier alpha value is -1.82. The van der Waals surface area contributed by atoms with Crippen LogP contribution in [0.1, 0.15) is 25.3 Å². The predicted molar refractivity (Wildman–Crippen MR) is 78.5 cm³/mol. The van der Waals surface area contributed by atoms with Gasteiger partial charge in [-0.3, -0.25) is 9.97 Å². The fourth-order valence-corrected chi connectivity index (χ4v) is 3.09. The monoisotopic (exact) mass is 292 g/mol. The first kappa shape index (κ1) is 14.1. The van der Waals surface area contributed by atoms with E-state index in [-0.39, 0.29) is 17.1 Å². The average molecular weight is 292 g/mol. The van der Waals surface area contributed by atoms with E-state index in [0.29, 0.717) is 18.0 Å². The first-order valence-electron chi connectivity index (χ1n) is 7.08. The van der Waals surface area contributed by atoms with E-state index in [1.165, 1.54) is 18.5 Å². The molecule has 1 fully saturated rings. The van der Waals surface area contributed by atoms with Crippen LogP contribution in [0.5, 0.6) is 0 Å². The average Bonchev–Trinajstić information content (AvgIpc) is 2.44. The van der Waals surface area contributed by atoms with Gasteiger partial charge in [0.2, 0.25) is 0 Å². The topological polar surface area (TPSA) is 55.0 Å². The van der Waals surface area contributed by atoms with E-state index < -0.39 is 6.43 Å². The molecule has 1 aromatic heterocycles. The summed E-state index contributed by atoms with van der Waals surface area (Å²) in [6.07, 6.45) is 1.41. The SMILES string of the molecule is CC1CC(N)CN(c2ccc(C(F)F)c3nccnc23)C1. The Balaban J connectivity index is 2.09. The number of piperidine rings is 1. The van der Waals surface area contributed by atoms with Gasteiger partial charge in [0.05, 0.1) is 11.2 Å². The third kappa shape index (κ3) is 2.68. The van der Waals surface area contributed by atoms with Gasteiger partial charge in [0, 0.05) is 37.1 Å². The van der Waals surface area contributed by atoms with E-state index in [0.717, 1.165) is 18.7 Å². The Kier molecular flexibility index (Phi) is 3.71. The number of nitrogens with two attached hydrogens (primary N) is 1. The van der Waals surface area contributed by atoms with Crippen LogP contribution in [0.3, 0.4) is 0 Å². The van der Waals surface area contributed by atoms with Crippen molar-refractivity contribution < 1.29 is 8.78 Å². The van der Waals surface area contributed by atoms with E-state index in [1.807, 2.05) is 0 Å². The van der Waals surface area contributed by atoms with Gasteiger partial charge < -0.3 is 10.6 Å². The van der Waals surface area contributed by atoms with Gasteiger partial charge in [-0.2, -0.15) is 0 Å². The Bertz CT molecular complexity index is 637. The van der Waals surface area contributed by atoms with Crippen molar-refractivity contribution in [2.45, 2.75) is 25.8 Å². The molecular weight excluding hydrogens is 274 g/mol. The van der Waals surface area contributed by atoms with Crippen molar-refractivity contribution in [1.82, 2.24) is 9.97 Å². The molecule has 0 spiro atoms. The summed E-state index contributed by atoms with van der Waals surface area (Å²) in [4.78, 5) is 10.5. The minimum atomic E-state index is -2.55.